The van der Waals surface area contributed by atoms with E-state index in [1.165, 1.54) is 13.2 Å². The molecule has 1 fully saturated rings. The van der Waals surface area contributed by atoms with Gasteiger partial charge in [0.25, 0.3) is 5.56 Å². The second-order valence-corrected chi connectivity index (χ2v) is 6.97. The van der Waals surface area contributed by atoms with Crippen LogP contribution in [0.4, 0.5) is 0 Å². The van der Waals surface area contributed by atoms with Gasteiger partial charge in [-0.05, 0) is 18.4 Å². The Kier molecular flexibility index (Phi) is 5.69. The van der Waals surface area contributed by atoms with Crippen LogP contribution in [0.2, 0.25) is 0 Å². The van der Waals surface area contributed by atoms with Gasteiger partial charge in [-0.15, -0.1) is 0 Å². The second kappa shape index (κ2) is 8.16. The Balaban J connectivity index is 1.64. The summed E-state index contributed by atoms with van der Waals surface area (Å²) in [6, 6.07) is 9.58. The molecule has 1 aromatic carbocycles. The molecule has 7 nitrogen and oxygen atoms in total. The molecular formula is C20H23N3O4. The molecule has 1 unspecified atom stereocenters. The average molecular weight is 369 g/mol. The fraction of sp³-hybridized carbons (Fsp3) is 0.400. The normalized spacial score (nSPS) is 16.9. The first-order chi connectivity index (χ1) is 13.0. The van der Waals surface area contributed by atoms with E-state index in [9.17, 15) is 19.2 Å². The van der Waals surface area contributed by atoms with Gasteiger partial charge in [-0.25, -0.2) is 4.79 Å². The number of piperidine rings is 1. The van der Waals surface area contributed by atoms with E-state index >= 15 is 0 Å². The number of benzene rings is 1. The van der Waals surface area contributed by atoms with Crippen LogP contribution in [0.15, 0.2) is 46.1 Å². The predicted octanol–water partition coefficient (Wildman–Crippen LogP) is 0.666. The molecule has 2 aromatic rings. The number of carbonyl (C=O) groups is 2. The van der Waals surface area contributed by atoms with E-state index in [1.54, 1.807) is 4.90 Å². The van der Waals surface area contributed by atoms with Crippen LogP contribution >= 0.6 is 0 Å². The SMILES string of the molecule is Cn1c(=O)[nH]cc(CC(=O)N2CCCC(C(=O)Cc3ccccc3)C2)c1=O. The highest BCUT2D eigenvalue weighted by Crippen LogP contribution is 2.20. The van der Waals surface area contributed by atoms with Gasteiger partial charge in [-0.1, -0.05) is 30.3 Å². The summed E-state index contributed by atoms with van der Waals surface area (Å²) in [5, 5.41) is 0. The van der Waals surface area contributed by atoms with Crippen molar-refractivity contribution in [3.63, 3.8) is 0 Å². The zero-order valence-corrected chi connectivity index (χ0v) is 15.3. The molecule has 142 valence electrons. The maximum absolute atomic E-state index is 12.6. The van der Waals surface area contributed by atoms with Crippen LogP contribution < -0.4 is 11.2 Å². The lowest BCUT2D eigenvalue weighted by Gasteiger charge is -2.32. The van der Waals surface area contributed by atoms with Crippen molar-refractivity contribution < 1.29 is 9.59 Å². The number of Topliss-reactive ketones (excluding diaryl/α,β-unsaturated/α-hetero) is 1. The maximum atomic E-state index is 12.6. The number of amides is 1. The Morgan fingerprint density at radius 3 is 2.63 bits per heavy atom. The number of aromatic nitrogens is 2. The Hall–Kier alpha value is -2.96. The lowest BCUT2D eigenvalue weighted by Crippen LogP contribution is -2.44. The third-order valence-electron chi connectivity index (χ3n) is 5.05. The number of carbonyl (C=O) groups excluding carboxylic acids is 2. The standard InChI is InChI=1S/C20H23N3O4/c1-22-19(26)16(12-21-20(22)27)11-18(25)23-9-5-8-15(13-23)17(24)10-14-6-3-2-4-7-14/h2-4,6-7,12,15H,5,8-11,13H2,1H3,(H,21,27). The Bertz CT molecular complexity index is 946. The molecule has 1 N–H and O–H groups in total. The van der Waals surface area contributed by atoms with Gasteiger partial charge in [0.1, 0.15) is 5.78 Å². The van der Waals surface area contributed by atoms with Crippen molar-refractivity contribution in [3.05, 3.63) is 68.5 Å². The Morgan fingerprint density at radius 1 is 1.15 bits per heavy atom. The highest BCUT2D eigenvalue weighted by Gasteiger charge is 2.28. The van der Waals surface area contributed by atoms with Crippen LogP contribution in [0, 0.1) is 5.92 Å². The minimum absolute atomic E-state index is 0.0803. The van der Waals surface area contributed by atoms with Gasteiger partial charge in [0.2, 0.25) is 5.91 Å². The molecule has 3 rings (SSSR count). The van der Waals surface area contributed by atoms with E-state index in [-0.39, 0.29) is 29.6 Å². The lowest BCUT2D eigenvalue weighted by atomic mass is 9.90. The van der Waals surface area contributed by atoms with Gasteiger partial charge in [-0.2, -0.15) is 0 Å². The van der Waals surface area contributed by atoms with Crippen molar-refractivity contribution in [2.45, 2.75) is 25.7 Å². The third kappa shape index (κ3) is 4.42. The Labute approximate surface area is 156 Å². The number of hydrogen-bond acceptors (Lipinski definition) is 4. The summed E-state index contributed by atoms with van der Waals surface area (Å²) < 4.78 is 0.949. The van der Waals surface area contributed by atoms with Crippen molar-refractivity contribution in [3.8, 4) is 0 Å². The van der Waals surface area contributed by atoms with Gasteiger partial charge in [0.15, 0.2) is 0 Å². The van der Waals surface area contributed by atoms with Gasteiger partial charge < -0.3 is 9.88 Å². The summed E-state index contributed by atoms with van der Waals surface area (Å²) >= 11 is 0. The van der Waals surface area contributed by atoms with E-state index in [0.29, 0.717) is 19.5 Å². The molecule has 27 heavy (non-hydrogen) atoms. The van der Waals surface area contributed by atoms with Gasteiger partial charge in [0, 0.05) is 44.2 Å². The summed E-state index contributed by atoms with van der Waals surface area (Å²) in [5.41, 5.74) is 0.240. The highest BCUT2D eigenvalue weighted by molar-refractivity contribution is 5.85. The summed E-state index contributed by atoms with van der Waals surface area (Å²) in [7, 11) is 1.37. The number of ketones is 1. The fourth-order valence-electron chi connectivity index (χ4n) is 3.42. The largest absolute Gasteiger partial charge is 0.342 e. The molecule has 0 spiro atoms. The molecule has 0 radical (unpaired) electrons. The van der Waals surface area contributed by atoms with Crippen LogP contribution in [0.3, 0.4) is 0 Å². The van der Waals surface area contributed by atoms with Gasteiger partial charge in [0.05, 0.1) is 6.42 Å². The quantitative estimate of drug-likeness (QED) is 0.838. The molecule has 0 saturated carbocycles. The van der Waals surface area contributed by atoms with Gasteiger partial charge in [-0.3, -0.25) is 19.0 Å². The van der Waals surface area contributed by atoms with Crippen LogP contribution in [-0.2, 0) is 29.5 Å². The van der Waals surface area contributed by atoms with E-state index in [1.807, 2.05) is 30.3 Å². The minimum Gasteiger partial charge on any atom is -0.342 e. The number of nitrogens with zero attached hydrogens (tertiary/aromatic N) is 2. The smallest absolute Gasteiger partial charge is 0.328 e. The predicted molar refractivity (Wildman–Crippen MR) is 100 cm³/mol. The van der Waals surface area contributed by atoms with E-state index in [2.05, 4.69) is 4.98 Å². The van der Waals surface area contributed by atoms with Crippen LogP contribution in [-0.4, -0.2) is 39.2 Å². The molecule has 1 amide bonds. The summed E-state index contributed by atoms with van der Waals surface area (Å²) in [4.78, 5) is 52.8. The molecule has 1 aromatic heterocycles. The third-order valence-corrected chi connectivity index (χ3v) is 5.05. The van der Waals surface area contributed by atoms with Crippen LogP contribution in [0.25, 0.3) is 0 Å². The first-order valence-electron chi connectivity index (χ1n) is 9.07. The number of aromatic amines is 1. The summed E-state index contributed by atoms with van der Waals surface area (Å²) in [5.74, 6) is -0.240. The first-order valence-corrected chi connectivity index (χ1v) is 9.07. The summed E-state index contributed by atoms with van der Waals surface area (Å²) in [6.07, 6.45) is 3.12. The number of nitrogens with one attached hydrogen (secondary N) is 1. The molecule has 1 saturated heterocycles. The van der Waals surface area contributed by atoms with E-state index in [4.69, 9.17) is 0 Å². The summed E-state index contributed by atoms with van der Waals surface area (Å²) in [6.45, 7) is 0.964. The molecule has 7 heteroatoms. The van der Waals surface area contributed by atoms with Crippen LogP contribution in [0.1, 0.15) is 24.0 Å². The number of hydrogen-bond donors (Lipinski definition) is 1. The monoisotopic (exact) mass is 369 g/mol. The minimum atomic E-state index is -0.513. The molecule has 0 aliphatic carbocycles. The molecule has 1 atom stereocenters. The van der Waals surface area contributed by atoms with Crippen molar-refractivity contribution in [1.82, 2.24) is 14.5 Å². The molecule has 2 heterocycles. The topological polar surface area (TPSA) is 92.2 Å². The van der Waals surface area contributed by atoms with Crippen LogP contribution in [0.5, 0.6) is 0 Å². The first kappa shape index (κ1) is 18.8. The highest BCUT2D eigenvalue weighted by atomic mass is 16.2. The lowest BCUT2D eigenvalue weighted by molar-refractivity contribution is -0.134. The van der Waals surface area contributed by atoms with Crippen molar-refractivity contribution in [1.29, 1.82) is 0 Å². The average Bonchev–Trinajstić information content (AvgIpc) is 2.69. The molecule has 1 aliphatic heterocycles. The number of likely N-dealkylation sites (tertiary alicyclic amines) is 1. The Morgan fingerprint density at radius 2 is 1.89 bits per heavy atom. The number of H-pyrrole nitrogens is 1. The molecular weight excluding hydrogens is 346 g/mol. The molecule has 0 bridgehead atoms. The van der Waals surface area contributed by atoms with Crippen molar-refractivity contribution >= 4 is 11.7 Å². The van der Waals surface area contributed by atoms with E-state index < -0.39 is 11.2 Å². The fourth-order valence-corrected chi connectivity index (χ4v) is 3.42. The van der Waals surface area contributed by atoms with Crippen molar-refractivity contribution in [2.24, 2.45) is 13.0 Å². The van der Waals surface area contributed by atoms with Gasteiger partial charge >= 0.3 is 5.69 Å². The number of rotatable bonds is 5. The van der Waals surface area contributed by atoms with Crippen molar-refractivity contribution in [2.75, 3.05) is 13.1 Å². The zero-order chi connectivity index (χ0) is 19.4. The zero-order valence-electron chi connectivity index (χ0n) is 15.3. The maximum Gasteiger partial charge on any atom is 0.328 e. The van der Waals surface area contributed by atoms with E-state index in [0.717, 1.165) is 23.0 Å². The second-order valence-electron chi connectivity index (χ2n) is 6.97. The molecule has 1 aliphatic rings.